The highest BCUT2D eigenvalue weighted by molar-refractivity contribution is 5.72. The second kappa shape index (κ2) is 13.2. The molecular weight excluding hydrogens is 474 g/mol. The summed E-state index contributed by atoms with van der Waals surface area (Å²) >= 11 is 0. The van der Waals surface area contributed by atoms with Crippen molar-refractivity contribution in [2.24, 2.45) is 11.8 Å². The van der Waals surface area contributed by atoms with E-state index >= 15 is 0 Å². The van der Waals surface area contributed by atoms with Crippen molar-refractivity contribution in [2.45, 2.75) is 65.7 Å². The van der Waals surface area contributed by atoms with Crippen molar-refractivity contribution in [2.75, 3.05) is 12.4 Å². The molecule has 1 aliphatic rings. The van der Waals surface area contributed by atoms with Crippen molar-refractivity contribution < 1.29 is 18.3 Å². The molecule has 1 unspecified atom stereocenters. The summed E-state index contributed by atoms with van der Waals surface area (Å²) in [5.74, 6) is 1.53. The van der Waals surface area contributed by atoms with Gasteiger partial charge < -0.3 is 10.1 Å². The van der Waals surface area contributed by atoms with Gasteiger partial charge in [0.25, 0.3) is 6.43 Å². The number of esters is 1. The van der Waals surface area contributed by atoms with E-state index in [9.17, 15) is 13.6 Å². The fourth-order valence-electron chi connectivity index (χ4n) is 4.75. The molecule has 198 valence electrons. The third-order valence-electron chi connectivity index (χ3n) is 6.82. The maximum absolute atomic E-state index is 13.0. The molecule has 37 heavy (non-hydrogen) atoms. The van der Waals surface area contributed by atoms with Crippen LogP contribution in [0.2, 0.25) is 0 Å². The molecule has 3 heterocycles. The molecule has 1 aliphatic carbocycles. The molecule has 0 amide bonds. The Morgan fingerprint density at radius 2 is 1.76 bits per heavy atom. The zero-order chi connectivity index (χ0) is 26.9. The number of aryl methyl sites for hydroxylation is 1. The first-order chi connectivity index (χ1) is 17.8. The van der Waals surface area contributed by atoms with Gasteiger partial charge in [0, 0.05) is 35.1 Å². The highest BCUT2D eigenvalue weighted by atomic mass is 19.3. The number of anilines is 2. The lowest BCUT2D eigenvalue weighted by atomic mass is 9.75. The average Bonchev–Trinajstić information content (AvgIpc) is 2.93. The quantitative estimate of drug-likeness (QED) is 0.329. The molecule has 0 aromatic carbocycles. The van der Waals surface area contributed by atoms with Crippen molar-refractivity contribution in [3.63, 3.8) is 0 Å². The van der Waals surface area contributed by atoms with Crippen LogP contribution in [0.4, 0.5) is 20.4 Å². The van der Waals surface area contributed by atoms with E-state index in [0.717, 1.165) is 48.2 Å². The Labute approximate surface area is 217 Å². The maximum Gasteiger partial charge on any atom is 0.308 e. The number of hydrogen-bond donors (Lipinski definition) is 1. The Morgan fingerprint density at radius 1 is 1.03 bits per heavy atom. The van der Waals surface area contributed by atoms with Crippen LogP contribution in [0.3, 0.4) is 0 Å². The smallest absolute Gasteiger partial charge is 0.308 e. The van der Waals surface area contributed by atoms with Gasteiger partial charge in [0.05, 0.1) is 18.7 Å². The number of ether oxygens (including phenoxy) is 1. The number of hydrogen-bond acceptors (Lipinski definition) is 6. The normalized spacial score (nSPS) is 17.9. The van der Waals surface area contributed by atoms with Crippen molar-refractivity contribution in [1.29, 1.82) is 0 Å². The van der Waals surface area contributed by atoms with E-state index in [-0.39, 0.29) is 17.5 Å². The molecule has 8 heteroatoms. The highest BCUT2D eigenvalue weighted by Gasteiger charge is 2.30. The Hall–Kier alpha value is -3.42. The number of nitrogens with one attached hydrogen (secondary N) is 1. The van der Waals surface area contributed by atoms with Gasteiger partial charge in [0.1, 0.15) is 11.6 Å². The zero-order valence-corrected chi connectivity index (χ0v) is 22.2. The summed E-state index contributed by atoms with van der Waals surface area (Å²) in [6, 6.07) is 10.5. The van der Waals surface area contributed by atoms with E-state index in [2.05, 4.69) is 22.2 Å². The van der Waals surface area contributed by atoms with Crippen LogP contribution in [0.5, 0.6) is 0 Å². The Morgan fingerprint density at radius 3 is 2.38 bits per heavy atom. The van der Waals surface area contributed by atoms with Crippen molar-refractivity contribution in [3.8, 4) is 11.3 Å². The molecule has 1 atom stereocenters. The number of alkyl halides is 2. The highest BCUT2D eigenvalue weighted by Crippen LogP contribution is 2.38. The first kappa shape index (κ1) is 28.2. The minimum atomic E-state index is -2.56. The SMILES string of the molecule is CC.COC(=O)C1CCC(C(C)c2ccc(-c3cc(C)cc(Nc4cc(C(F)F)ccn4)n3)cn2)CC1. The number of methoxy groups -OCH3 is 1. The number of rotatable bonds is 7. The van der Waals surface area contributed by atoms with Gasteiger partial charge in [-0.25, -0.2) is 18.7 Å². The largest absolute Gasteiger partial charge is 0.469 e. The van der Waals surface area contributed by atoms with Crippen LogP contribution in [0.15, 0.2) is 48.8 Å². The van der Waals surface area contributed by atoms with Gasteiger partial charge in [-0.3, -0.25) is 9.78 Å². The first-order valence-corrected chi connectivity index (χ1v) is 12.9. The monoisotopic (exact) mass is 510 g/mol. The molecule has 0 radical (unpaired) electrons. The third kappa shape index (κ3) is 7.31. The van der Waals surface area contributed by atoms with Crippen LogP contribution >= 0.6 is 0 Å². The average molecular weight is 511 g/mol. The fraction of sp³-hybridized carbons (Fsp3) is 0.448. The van der Waals surface area contributed by atoms with Crippen LogP contribution in [0, 0.1) is 18.8 Å². The summed E-state index contributed by atoms with van der Waals surface area (Å²) in [6.07, 6.45) is 4.31. The standard InChI is InChI=1S/C27H30F2N4O2.C2H6/c1-16-12-23(32-25(13-16)33-24-14-20(26(28)29)10-11-30-24)21-8-9-22(31-15-21)17(2)18-4-6-19(7-5-18)27(34)35-3;1-2/h8-15,17-19,26H,4-7H2,1-3H3,(H,30,32,33);1-2H3. The van der Waals surface area contributed by atoms with Gasteiger partial charge >= 0.3 is 5.97 Å². The van der Waals surface area contributed by atoms with Crippen LogP contribution < -0.4 is 5.32 Å². The van der Waals surface area contributed by atoms with Crippen molar-refractivity contribution in [1.82, 2.24) is 15.0 Å². The second-order valence-electron chi connectivity index (χ2n) is 9.21. The Balaban J connectivity index is 0.00000186. The second-order valence-corrected chi connectivity index (χ2v) is 9.21. The molecular formula is C29H36F2N4O2. The third-order valence-corrected chi connectivity index (χ3v) is 6.82. The maximum atomic E-state index is 13.0. The molecule has 6 nitrogen and oxygen atoms in total. The molecule has 1 fully saturated rings. The summed E-state index contributed by atoms with van der Waals surface area (Å²) < 4.78 is 30.9. The number of aromatic nitrogens is 3. The van der Waals surface area contributed by atoms with E-state index in [0.29, 0.717) is 23.5 Å². The van der Waals surface area contributed by atoms with E-state index in [1.807, 2.05) is 51.2 Å². The van der Waals surface area contributed by atoms with Gasteiger partial charge in [0.2, 0.25) is 0 Å². The molecule has 0 saturated heterocycles. The molecule has 0 aliphatic heterocycles. The summed E-state index contributed by atoms with van der Waals surface area (Å²) in [5.41, 5.74) is 3.51. The summed E-state index contributed by atoms with van der Waals surface area (Å²) in [5, 5.41) is 3.03. The van der Waals surface area contributed by atoms with Crippen LogP contribution in [-0.4, -0.2) is 28.0 Å². The predicted molar refractivity (Wildman–Crippen MR) is 142 cm³/mol. The number of carbonyl (C=O) groups is 1. The molecule has 3 aromatic rings. The van der Waals surface area contributed by atoms with Crippen LogP contribution in [0.25, 0.3) is 11.3 Å². The Bertz CT molecular complexity index is 1160. The molecule has 0 bridgehead atoms. The number of nitrogens with zero attached hydrogens (tertiary/aromatic N) is 3. The number of halogens is 2. The molecule has 0 spiro atoms. The van der Waals surface area contributed by atoms with E-state index in [1.165, 1.54) is 25.4 Å². The first-order valence-electron chi connectivity index (χ1n) is 12.9. The van der Waals surface area contributed by atoms with Crippen molar-refractivity contribution >= 4 is 17.6 Å². The van der Waals surface area contributed by atoms with E-state index in [1.54, 1.807) is 0 Å². The fourth-order valence-corrected chi connectivity index (χ4v) is 4.75. The number of carbonyl (C=O) groups excluding carboxylic acids is 1. The lowest BCUT2D eigenvalue weighted by molar-refractivity contribution is -0.146. The predicted octanol–water partition coefficient (Wildman–Crippen LogP) is 7.64. The minimum Gasteiger partial charge on any atom is -0.469 e. The van der Waals surface area contributed by atoms with Gasteiger partial charge in [-0.2, -0.15) is 0 Å². The van der Waals surface area contributed by atoms with Gasteiger partial charge in [-0.15, -0.1) is 0 Å². The summed E-state index contributed by atoms with van der Waals surface area (Å²) in [7, 11) is 1.45. The molecule has 1 saturated carbocycles. The van der Waals surface area contributed by atoms with Gasteiger partial charge in [0.15, 0.2) is 0 Å². The topological polar surface area (TPSA) is 77.0 Å². The summed E-state index contributed by atoms with van der Waals surface area (Å²) in [6.45, 7) is 8.15. The Kier molecular flexibility index (Phi) is 10.1. The lowest BCUT2D eigenvalue weighted by Crippen LogP contribution is -2.25. The summed E-state index contributed by atoms with van der Waals surface area (Å²) in [4.78, 5) is 25.3. The van der Waals surface area contributed by atoms with Crippen molar-refractivity contribution in [3.05, 3.63) is 65.6 Å². The van der Waals surface area contributed by atoms with Gasteiger partial charge in [-0.1, -0.05) is 20.8 Å². The van der Waals surface area contributed by atoms with Gasteiger partial charge in [-0.05, 0) is 80.5 Å². The molecule has 4 rings (SSSR count). The molecule has 3 aromatic heterocycles. The number of pyridine rings is 3. The zero-order valence-electron chi connectivity index (χ0n) is 22.2. The van der Waals surface area contributed by atoms with Crippen LogP contribution in [-0.2, 0) is 9.53 Å². The van der Waals surface area contributed by atoms with Crippen LogP contribution in [0.1, 0.15) is 75.6 Å². The van der Waals surface area contributed by atoms with E-state index in [4.69, 9.17) is 9.72 Å². The van der Waals surface area contributed by atoms with E-state index < -0.39 is 6.43 Å². The minimum absolute atomic E-state index is 0.0158. The lowest BCUT2D eigenvalue weighted by Gasteiger charge is -2.30. The molecule has 1 N–H and O–H groups in total.